The van der Waals surface area contributed by atoms with Crippen molar-refractivity contribution in [3.63, 3.8) is 0 Å². The Labute approximate surface area is 159 Å². The molecular weight excluding hydrogens is 383 g/mol. The highest BCUT2D eigenvalue weighted by molar-refractivity contribution is 7.75. The zero-order chi connectivity index (χ0) is 17.1. The van der Waals surface area contributed by atoms with Crippen LogP contribution in [0.4, 0.5) is 0 Å². The molecule has 0 radical (unpaired) electrons. The van der Waals surface area contributed by atoms with Crippen molar-refractivity contribution in [3.8, 4) is 0 Å². The van der Waals surface area contributed by atoms with Crippen molar-refractivity contribution in [2.45, 2.75) is 59.5 Å². The van der Waals surface area contributed by atoms with E-state index in [9.17, 15) is 4.79 Å². The molecule has 0 atom stereocenters. The minimum absolute atomic E-state index is 0. The van der Waals surface area contributed by atoms with Crippen LogP contribution in [0.5, 0.6) is 0 Å². The third kappa shape index (κ3) is 7.23. The zero-order valence-corrected chi connectivity index (χ0v) is 18.3. The molecule has 0 fully saturated rings. The van der Waals surface area contributed by atoms with Crippen molar-refractivity contribution in [2.75, 3.05) is 25.1 Å². The summed E-state index contributed by atoms with van der Waals surface area (Å²) in [6.07, 6.45) is 9.72. The van der Waals surface area contributed by atoms with Crippen LogP contribution >= 0.6 is 7.26 Å². The van der Waals surface area contributed by atoms with Gasteiger partial charge in [-0.2, -0.15) is 0 Å². The van der Waals surface area contributed by atoms with E-state index in [1.807, 2.05) is 19.1 Å². The molecule has 1 rings (SSSR count). The van der Waals surface area contributed by atoms with Gasteiger partial charge in [0.1, 0.15) is 0 Å². The second kappa shape index (κ2) is 12.9. The fourth-order valence-electron chi connectivity index (χ4n) is 3.49. The summed E-state index contributed by atoms with van der Waals surface area (Å²) >= 11 is 0. The predicted octanol–water partition coefficient (Wildman–Crippen LogP) is 3.01. The lowest BCUT2D eigenvalue weighted by Gasteiger charge is -2.27. The fourth-order valence-corrected chi connectivity index (χ4v) is 8.48. The van der Waals surface area contributed by atoms with Crippen LogP contribution < -0.4 is 17.0 Å². The SMILES string of the molecule is CCCOC(=O)c1ccccc1C[P+](CCC)(CCC)CCC.[Br-]. The van der Waals surface area contributed by atoms with Gasteiger partial charge in [0, 0.05) is 12.8 Å². The molecular formula is C20H34BrO2P. The number of hydrogen-bond donors (Lipinski definition) is 0. The van der Waals surface area contributed by atoms with Crippen LogP contribution in [0.1, 0.15) is 69.3 Å². The summed E-state index contributed by atoms with van der Waals surface area (Å²) in [5.74, 6) is -0.148. The third-order valence-electron chi connectivity index (χ3n) is 4.27. The van der Waals surface area contributed by atoms with E-state index in [2.05, 4.69) is 32.9 Å². The van der Waals surface area contributed by atoms with Crippen molar-refractivity contribution < 1.29 is 26.5 Å². The Kier molecular flexibility index (Phi) is 12.7. The number of rotatable bonds is 11. The molecule has 4 heteroatoms. The first-order valence-electron chi connectivity index (χ1n) is 9.22. The number of carbonyl (C=O) groups is 1. The Bertz CT molecular complexity index is 459. The number of halogens is 1. The van der Waals surface area contributed by atoms with Crippen LogP contribution in [-0.4, -0.2) is 31.1 Å². The quantitative estimate of drug-likeness (QED) is 0.409. The Morgan fingerprint density at radius 1 is 0.917 bits per heavy atom. The van der Waals surface area contributed by atoms with E-state index in [1.54, 1.807) is 0 Å². The lowest BCUT2D eigenvalue weighted by atomic mass is 10.1. The summed E-state index contributed by atoms with van der Waals surface area (Å²) in [5, 5.41) is 0. The lowest BCUT2D eigenvalue weighted by Crippen LogP contribution is -3.00. The Hall–Kier alpha value is -0.400. The normalized spacial score (nSPS) is 11.0. The maximum Gasteiger partial charge on any atom is 0.338 e. The molecule has 0 saturated carbocycles. The molecule has 0 N–H and O–H groups in total. The van der Waals surface area contributed by atoms with Crippen LogP contribution in [-0.2, 0) is 10.9 Å². The first-order chi connectivity index (χ1) is 11.1. The molecule has 0 saturated heterocycles. The van der Waals surface area contributed by atoms with Crippen molar-refractivity contribution in [1.82, 2.24) is 0 Å². The number of benzene rings is 1. The van der Waals surface area contributed by atoms with E-state index in [0.717, 1.165) is 18.1 Å². The average molecular weight is 417 g/mol. The van der Waals surface area contributed by atoms with Gasteiger partial charge in [-0.05, 0) is 31.7 Å². The maximum absolute atomic E-state index is 12.4. The molecule has 138 valence electrons. The molecule has 0 aliphatic rings. The highest BCUT2D eigenvalue weighted by atomic mass is 79.9. The van der Waals surface area contributed by atoms with Crippen LogP contribution in [0.25, 0.3) is 0 Å². The first kappa shape index (κ1) is 23.6. The van der Waals surface area contributed by atoms with Gasteiger partial charge in [-0.15, -0.1) is 0 Å². The van der Waals surface area contributed by atoms with E-state index in [0.29, 0.717) is 6.61 Å². The Morgan fingerprint density at radius 3 is 1.96 bits per heavy atom. The summed E-state index contributed by atoms with van der Waals surface area (Å²) in [6, 6.07) is 8.08. The monoisotopic (exact) mass is 416 g/mol. The molecule has 0 spiro atoms. The Morgan fingerprint density at radius 2 is 1.46 bits per heavy atom. The van der Waals surface area contributed by atoms with Gasteiger partial charge in [0.2, 0.25) is 0 Å². The summed E-state index contributed by atoms with van der Waals surface area (Å²) in [7, 11) is -1.02. The van der Waals surface area contributed by atoms with Gasteiger partial charge in [0.05, 0.1) is 36.8 Å². The molecule has 0 amide bonds. The lowest BCUT2D eigenvalue weighted by molar-refractivity contribution is -0.0000233. The maximum atomic E-state index is 12.4. The second-order valence-corrected chi connectivity index (χ2v) is 10.8. The highest BCUT2D eigenvalue weighted by Crippen LogP contribution is 2.62. The summed E-state index contributed by atoms with van der Waals surface area (Å²) < 4.78 is 5.39. The molecule has 1 aromatic rings. The predicted molar refractivity (Wildman–Crippen MR) is 103 cm³/mol. The number of ether oxygens (including phenoxy) is 1. The van der Waals surface area contributed by atoms with Gasteiger partial charge in [-0.25, -0.2) is 4.79 Å². The first-order valence-corrected chi connectivity index (χ1v) is 11.8. The fraction of sp³-hybridized carbons (Fsp3) is 0.650. The summed E-state index contributed by atoms with van der Waals surface area (Å²) in [4.78, 5) is 12.4. The van der Waals surface area contributed by atoms with Crippen LogP contribution in [0.15, 0.2) is 24.3 Å². The van der Waals surface area contributed by atoms with Crippen LogP contribution in [0.2, 0.25) is 0 Å². The molecule has 2 nitrogen and oxygen atoms in total. The van der Waals surface area contributed by atoms with E-state index in [-0.39, 0.29) is 23.0 Å². The van der Waals surface area contributed by atoms with E-state index in [4.69, 9.17) is 4.74 Å². The molecule has 0 aliphatic heterocycles. The second-order valence-electron chi connectivity index (χ2n) is 6.46. The zero-order valence-electron chi connectivity index (χ0n) is 15.8. The van der Waals surface area contributed by atoms with Crippen molar-refractivity contribution in [2.24, 2.45) is 0 Å². The smallest absolute Gasteiger partial charge is 0.338 e. The number of esters is 1. The van der Waals surface area contributed by atoms with E-state index in [1.165, 1.54) is 43.3 Å². The number of carbonyl (C=O) groups excluding carboxylic acids is 1. The van der Waals surface area contributed by atoms with Gasteiger partial charge in [0.25, 0.3) is 0 Å². The van der Waals surface area contributed by atoms with Crippen molar-refractivity contribution >= 4 is 13.2 Å². The van der Waals surface area contributed by atoms with Crippen LogP contribution in [0, 0.1) is 0 Å². The van der Waals surface area contributed by atoms with Gasteiger partial charge in [0.15, 0.2) is 0 Å². The van der Waals surface area contributed by atoms with Gasteiger partial charge in [-0.3, -0.25) is 0 Å². The molecule has 0 aromatic heterocycles. The minimum atomic E-state index is -1.02. The number of hydrogen-bond acceptors (Lipinski definition) is 2. The summed E-state index contributed by atoms with van der Waals surface area (Å²) in [5.41, 5.74) is 1.99. The van der Waals surface area contributed by atoms with Crippen LogP contribution in [0.3, 0.4) is 0 Å². The minimum Gasteiger partial charge on any atom is -1.00 e. The molecule has 1 aromatic carbocycles. The average Bonchev–Trinajstić information content (AvgIpc) is 2.54. The van der Waals surface area contributed by atoms with Crippen molar-refractivity contribution in [1.29, 1.82) is 0 Å². The van der Waals surface area contributed by atoms with Gasteiger partial charge in [-0.1, -0.05) is 45.9 Å². The molecule has 0 bridgehead atoms. The molecule has 0 unspecified atom stereocenters. The largest absolute Gasteiger partial charge is 1.00 e. The topological polar surface area (TPSA) is 26.3 Å². The molecule has 0 heterocycles. The molecule has 0 aliphatic carbocycles. The standard InChI is InChI=1S/C20H34O2P.BrH/c1-5-13-22-20(21)19-12-10-9-11-18(19)17-23(14-6-2,15-7-3)16-8-4;/h9-12H,5-8,13-17H2,1-4H3;1H/q+1;/p-1. The highest BCUT2D eigenvalue weighted by Gasteiger charge is 2.36. The van der Waals surface area contributed by atoms with Gasteiger partial charge < -0.3 is 21.7 Å². The summed E-state index contributed by atoms with van der Waals surface area (Å²) in [6.45, 7) is 9.41. The van der Waals surface area contributed by atoms with Gasteiger partial charge >= 0.3 is 5.97 Å². The van der Waals surface area contributed by atoms with E-state index >= 15 is 0 Å². The molecule has 24 heavy (non-hydrogen) atoms. The van der Waals surface area contributed by atoms with E-state index < -0.39 is 7.26 Å². The Balaban J connectivity index is 0.00000529. The third-order valence-corrected chi connectivity index (χ3v) is 9.47. The van der Waals surface area contributed by atoms with Crippen molar-refractivity contribution in [3.05, 3.63) is 35.4 Å².